The first-order valence-electron chi connectivity index (χ1n) is 10.1. The van der Waals surface area contributed by atoms with Gasteiger partial charge in [-0.1, -0.05) is 31.2 Å². The third-order valence-corrected chi connectivity index (χ3v) is 5.03. The Hall–Kier alpha value is -2.03. The van der Waals surface area contributed by atoms with Gasteiger partial charge in [-0.05, 0) is 43.5 Å². The highest BCUT2D eigenvalue weighted by atomic mass is 127. The lowest BCUT2D eigenvalue weighted by molar-refractivity contribution is 0.199. The molecular formula is C22H32IN5O. The van der Waals surface area contributed by atoms with Crippen LogP contribution in [0.2, 0.25) is 0 Å². The Labute approximate surface area is 191 Å². The van der Waals surface area contributed by atoms with Gasteiger partial charge in [-0.15, -0.1) is 24.0 Å². The van der Waals surface area contributed by atoms with E-state index >= 15 is 0 Å². The summed E-state index contributed by atoms with van der Waals surface area (Å²) in [5.74, 6) is 2.81. The molecule has 0 aliphatic carbocycles. The maximum atomic E-state index is 6.05. The summed E-state index contributed by atoms with van der Waals surface area (Å²) < 4.78 is 6.05. The molecule has 2 aromatic rings. The Morgan fingerprint density at radius 3 is 2.52 bits per heavy atom. The van der Waals surface area contributed by atoms with Gasteiger partial charge in [0.25, 0.3) is 0 Å². The van der Waals surface area contributed by atoms with Crippen LogP contribution in [-0.4, -0.2) is 49.8 Å². The van der Waals surface area contributed by atoms with Crippen LogP contribution in [-0.2, 0) is 0 Å². The summed E-state index contributed by atoms with van der Waals surface area (Å²) >= 11 is 0. The zero-order valence-corrected chi connectivity index (χ0v) is 19.6. The van der Waals surface area contributed by atoms with Gasteiger partial charge in [0.1, 0.15) is 17.7 Å². The van der Waals surface area contributed by atoms with E-state index in [1.807, 2.05) is 55.7 Å². The molecule has 0 saturated carbocycles. The first-order chi connectivity index (χ1) is 13.8. The van der Waals surface area contributed by atoms with Crippen LogP contribution < -0.4 is 20.3 Å². The number of aliphatic imine (C=N–C) groups is 1. The molecule has 1 aliphatic rings. The fourth-order valence-electron chi connectivity index (χ4n) is 3.35. The van der Waals surface area contributed by atoms with Crippen LogP contribution in [0.25, 0.3) is 0 Å². The van der Waals surface area contributed by atoms with Crippen LogP contribution in [0.3, 0.4) is 0 Å². The first kappa shape index (κ1) is 23.3. The van der Waals surface area contributed by atoms with E-state index in [0.29, 0.717) is 6.04 Å². The maximum absolute atomic E-state index is 6.05. The van der Waals surface area contributed by atoms with Gasteiger partial charge < -0.3 is 20.3 Å². The Kier molecular flexibility index (Phi) is 10.0. The largest absolute Gasteiger partial charge is 0.489 e. The summed E-state index contributed by atoms with van der Waals surface area (Å²) in [7, 11) is 1.82. The standard InChI is InChI=1S/C22H31N5O.HI/c1-3-19(28-20-9-5-4-6-10-20)17-25-22(23-2)26-18-12-15-27(16-13-18)21-11-7-8-14-24-21;/h4-11,14,18-19H,3,12-13,15-17H2,1-2H3,(H2,23,25,26);1H. The summed E-state index contributed by atoms with van der Waals surface area (Å²) in [6, 6.07) is 16.5. The molecule has 7 heteroatoms. The highest BCUT2D eigenvalue weighted by molar-refractivity contribution is 14.0. The summed E-state index contributed by atoms with van der Waals surface area (Å²) in [5, 5.41) is 6.98. The van der Waals surface area contributed by atoms with Gasteiger partial charge in [-0.3, -0.25) is 4.99 Å². The number of aromatic nitrogens is 1. The van der Waals surface area contributed by atoms with E-state index in [-0.39, 0.29) is 30.1 Å². The number of pyridine rings is 1. The van der Waals surface area contributed by atoms with Crippen LogP contribution in [0.15, 0.2) is 59.7 Å². The topological polar surface area (TPSA) is 61.8 Å². The van der Waals surface area contributed by atoms with Crippen molar-refractivity contribution in [2.75, 3.05) is 31.6 Å². The van der Waals surface area contributed by atoms with E-state index in [9.17, 15) is 0 Å². The number of hydrogen-bond donors (Lipinski definition) is 2. The number of halogens is 1. The molecular weight excluding hydrogens is 477 g/mol. The lowest BCUT2D eigenvalue weighted by Crippen LogP contribution is -2.50. The Bertz CT molecular complexity index is 720. The number of nitrogens with one attached hydrogen (secondary N) is 2. The predicted molar refractivity (Wildman–Crippen MR) is 131 cm³/mol. The summed E-state index contributed by atoms with van der Waals surface area (Å²) in [4.78, 5) is 11.2. The average molecular weight is 509 g/mol. The Morgan fingerprint density at radius 2 is 1.90 bits per heavy atom. The molecule has 3 rings (SSSR count). The zero-order chi connectivity index (χ0) is 19.6. The van der Waals surface area contributed by atoms with Crippen LogP contribution in [0.1, 0.15) is 26.2 Å². The highest BCUT2D eigenvalue weighted by Gasteiger charge is 2.21. The molecule has 0 radical (unpaired) electrons. The SMILES string of the molecule is CCC(CNC(=NC)NC1CCN(c2ccccn2)CC1)Oc1ccccc1.I. The Balaban J connectivity index is 0.00000300. The molecule has 158 valence electrons. The molecule has 1 aliphatic heterocycles. The van der Waals surface area contributed by atoms with Crippen molar-refractivity contribution in [1.82, 2.24) is 15.6 Å². The van der Waals surface area contributed by atoms with E-state index in [1.54, 1.807) is 0 Å². The zero-order valence-electron chi connectivity index (χ0n) is 17.3. The molecule has 1 unspecified atom stereocenters. The number of rotatable bonds is 7. The van der Waals surface area contributed by atoms with Crippen molar-refractivity contribution >= 4 is 35.8 Å². The van der Waals surface area contributed by atoms with Gasteiger partial charge in [-0.25, -0.2) is 4.98 Å². The molecule has 1 aromatic heterocycles. The number of piperidine rings is 1. The van der Waals surface area contributed by atoms with E-state index in [2.05, 4.69) is 38.5 Å². The van der Waals surface area contributed by atoms with E-state index in [1.165, 1.54) is 0 Å². The summed E-state index contributed by atoms with van der Waals surface area (Å²) in [6.45, 7) is 4.86. The molecule has 1 fully saturated rings. The fourth-order valence-corrected chi connectivity index (χ4v) is 3.35. The predicted octanol–water partition coefficient (Wildman–Crippen LogP) is 3.69. The minimum atomic E-state index is 0. The van der Waals surface area contributed by atoms with Crippen molar-refractivity contribution in [3.63, 3.8) is 0 Å². The first-order valence-corrected chi connectivity index (χ1v) is 10.1. The second kappa shape index (κ2) is 12.5. The highest BCUT2D eigenvalue weighted by Crippen LogP contribution is 2.17. The van der Waals surface area contributed by atoms with Crippen molar-refractivity contribution in [2.45, 2.75) is 38.3 Å². The van der Waals surface area contributed by atoms with E-state index < -0.39 is 0 Å². The summed E-state index contributed by atoms with van der Waals surface area (Å²) in [6.07, 6.45) is 5.02. The lowest BCUT2D eigenvalue weighted by Gasteiger charge is -2.34. The van der Waals surface area contributed by atoms with Gasteiger partial charge in [0, 0.05) is 32.4 Å². The molecule has 0 bridgehead atoms. The number of benzene rings is 1. The van der Waals surface area contributed by atoms with Crippen molar-refractivity contribution in [1.29, 1.82) is 0 Å². The molecule has 2 heterocycles. The van der Waals surface area contributed by atoms with E-state index in [4.69, 9.17) is 4.74 Å². The third kappa shape index (κ3) is 7.38. The molecule has 6 nitrogen and oxygen atoms in total. The number of para-hydroxylation sites is 1. The summed E-state index contributed by atoms with van der Waals surface area (Å²) in [5.41, 5.74) is 0. The number of anilines is 1. The van der Waals surface area contributed by atoms with Crippen molar-refractivity contribution in [3.05, 3.63) is 54.7 Å². The average Bonchev–Trinajstić information content (AvgIpc) is 2.77. The maximum Gasteiger partial charge on any atom is 0.191 e. The van der Waals surface area contributed by atoms with Gasteiger partial charge in [0.05, 0.1) is 6.54 Å². The molecule has 0 spiro atoms. The molecule has 1 saturated heterocycles. The quantitative estimate of drug-likeness (QED) is 0.339. The van der Waals surface area contributed by atoms with Crippen LogP contribution in [0, 0.1) is 0 Å². The smallest absolute Gasteiger partial charge is 0.191 e. The van der Waals surface area contributed by atoms with Gasteiger partial charge >= 0.3 is 0 Å². The van der Waals surface area contributed by atoms with Crippen LogP contribution in [0.4, 0.5) is 5.82 Å². The van der Waals surface area contributed by atoms with Crippen molar-refractivity contribution in [2.24, 2.45) is 4.99 Å². The second-order valence-electron chi connectivity index (χ2n) is 7.01. The minimum absolute atomic E-state index is 0. The van der Waals surface area contributed by atoms with Crippen molar-refractivity contribution in [3.8, 4) is 5.75 Å². The van der Waals surface area contributed by atoms with Gasteiger partial charge in [0.15, 0.2) is 5.96 Å². The molecule has 1 aromatic carbocycles. The Morgan fingerprint density at radius 1 is 1.17 bits per heavy atom. The third-order valence-electron chi connectivity index (χ3n) is 5.03. The number of hydrogen-bond acceptors (Lipinski definition) is 4. The second-order valence-corrected chi connectivity index (χ2v) is 7.01. The minimum Gasteiger partial charge on any atom is -0.489 e. The number of ether oxygens (including phenoxy) is 1. The van der Waals surface area contributed by atoms with Crippen LogP contribution in [0.5, 0.6) is 5.75 Å². The molecule has 1 atom stereocenters. The molecule has 2 N–H and O–H groups in total. The van der Waals surface area contributed by atoms with Crippen molar-refractivity contribution < 1.29 is 4.74 Å². The number of nitrogens with zero attached hydrogens (tertiary/aromatic N) is 3. The van der Waals surface area contributed by atoms with Crippen LogP contribution >= 0.6 is 24.0 Å². The molecule has 29 heavy (non-hydrogen) atoms. The normalized spacial score (nSPS) is 15.9. The number of guanidine groups is 1. The van der Waals surface area contributed by atoms with Gasteiger partial charge in [-0.2, -0.15) is 0 Å². The monoisotopic (exact) mass is 509 g/mol. The van der Waals surface area contributed by atoms with Gasteiger partial charge in [0.2, 0.25) is 0 Å². The molecule has 0 amide bonds. The van der Waals surface area contributed by atoms with E-state index in [0.717, 1.165) is 56.4 Å². The lowest BCUT2D eigenvalue weighted by atomic mass is 10.1. The fraction of sp³-hybridized carbons (Fsp3) is 0.455.